The predicted octanol–water partition coefficient (Wildman–Crippen LogP) is 3.61. The molecule has 1 aliphatic rings. The third-order valence-electron chi connectivity index (χ3n) is 3.43. The Bertz CT molecular complexity index is 553. The number of nitrogens with one attached hydrogen (secondary N) is 1. The molecule has 0 aromatic heterocycles. The largest absolute Gasteiger partial charge is 0.493 e. The first-order valence-electron chi connectivity index (χ1n) is 6.50. The van der Waals surface area contributed by atoms with E-state index in [0.717, 1.165) is 30.5 Å². The number of hydrogen-bond donors (Lipinski definition) is 1. The quantitative estimate of drug-likeness (QED) is 0.919. The van der Waals surface area contributed by atoms with Crippen LogP contribution in [0.2, 0.25) is 5.02 Å². The molecule has 0 radical (unpaired) electrons. The molecule has 1 unspecified atom stereocenters. The summed E-state index contributed by atoms with van der Waals surface area (Å²) in [5.74, 6) is 1.48. The van der Waals surface area contributed by atoms with E-state index in [4.69, 9.17) is 16.3 Å². The minimum absolute atomic E-state index is 0.448. The van der Waals surface area contributed by atoms with Gasteiger partial charge in [0.2, 0.25) is 0 Å². The molecular formula is C16H16ClNO. The summed E-state index contributed by atoms with van der Waals surface area (Å²) in [5, 5.41) is 4.26. The van der Waals surface area contributed by atoms with Crippen LogP contribution < -0.4 is 10.1 Å². The molecule has 0 saturated heterocycles. The van der Waals surface area contributed by atoms with Crippen molar-refractivity contribution in [2.24, 2.45) is 0 Å². The molecule has 2 aromatic rings. The van der Waals surface area contributed by atoms with Crippen molar-refractivity contribution in [2.75, 3.05) is 13.2 Å². The monoisotopic (exact) mass is 273 g/mol. The molecule has 1 aliphatic heterocycles. The second-order valence-electron chi connectivity index (χ2n) is 4.80. The fraction of sp³-hybridized carbons (Fsp3) is 0.250. The Hall–Kier alpha value is -1.51. The number of benzene rings is 2. The predicted molar refractivity (Wildman–Crippen MR) is 77.8 cm³/mol. The summed E-state index contributed by atoms with van der Waals surface area (Å²) in [6.45, 7) is 2.56. The third kappa shape index (κ3) is 2.91. The normalized spacial score (nSPS) is 17.0. The Balaban J connectivity index is 1.55. The van der Waals surface area contributed by atoms with Crippen LogP contribution in [0.1, 0.15) is 17.0 Å². The van der Waals surface area contributed by atoms with E-state index < -0.39 is 0 Å². The molecule has 0 fully saturated rings. The zero-order chi connectivity index (χ0) is 13.1. The molecule has 0 spiro atoms. The van der Waals surface area contributed by atoms with E-state index in [2.05, 4.69) is 29.6 Å². The molecule has 98 valence electrons. The van der Waals surface area contributed by atoms with Crippen molar-refractivity contribution >= 4 is 11.6 Å². The van der Waals surface area contributed by atoms with Gasteiger partial charge in [-0.25, -0.2) is 0 Å². The van der Waals surface area contributed by atoms with E-state index in [0.29, 0.717) is 5.92 Å². The van der Waals surface area contributed by atoms with Crippen LogP contribution in [-0.2, 0) is 6.54 Å². The van der Waals surface area contributed by atoms with Gasteiger partial charge in [0.25, 0.3) is 0 Å². The maximum Gasteiger partial charge on any atom is 0.122 e. The fourth-order valence-corrected chi connectivity index (χ4v) is 2.52. The lowest BCUT2D eigenvalue weighted by molar-refractivity contribution is 0.326. The van der Waals surface area contributed by atoms with Crippen LogP contribution in [0.4, 0.5) is 0 Å². The molecule has 0 saturated carbocycles. The Morgan fingerprint density at radius 1 is 1.11 bits per heavy atom. The Labute approximate surface area is 118 Å². The second-order valence-corrected chi connectivity index (χ2v) is 5.24. The SMILES string of the molecule is Clc1ccc(CNCC2COc3ccccc32)cc1. The standard InChI is InChI=1S/C16H16ClNO/c17-14-7-5-12(6-8-14)9-18-10-13-11-19-16-4-2-1-3-15(13)16/h1-8,13,18H,9-11H2. The van der Waals surface area contributed by atoms with Gasteiger partial charge in [0.05, 0.1) is 6.61 Å². The summed E-state index contributed by atoms with van der Waals surface area (Å²) >= 11 is 5.87. The maximum absolute atomic E-state index is 5.87. The van der Waals surface area contributed by atoms with Gasteiger partial charge in [-0.3, -0.25) is 0 Å². The van der Waals surface area contributed by atoms with Crippen LogP contribution in [-0.4, -0.2) is 13.2 Å². The lowest BCUT2D eigenvalue weighted by atomic mass is 10.0. The van der Waals surface area contributed by atoms with Crippen molar-refractivity contribution in [3.63, 3.8) is 0 Å². The van der Waals surface area contributed by atoms with Crippen LogP contribution in [0, 0.1) is 0 Å². The molecule has 19 heavy (non-hydrogen) atoms. The number of fused-ring (bicyclic) bond motifs is 1. The van der Waals surface area contributed by atoms with Gasteiger partial charge in [-0.2, -0.15) is 0 Å². The molecule has 1 atom stereocenters. The molecule has 0 aliphatic carbocycles. The molecule has 3 heteroatoms. The summed E-state index contributed by atoms with van der Waals surface area (Å²) in [5.41, 5.74) is 2.56. The van der Waals surface area contributed by atoms with Crippen molar-refractivity contribution < 1.29 is 4.74 Å². The molecule has 0 bridgehead atoms. The minimum Gasteiger partial charge on any atom is -0.493 e. The van der Waals surface area contributed by atoms with E-state index in [1.54, 1.807) is 0 Å². The van der Waals surface area contributed by atoms with Crippen LogP contribution in [0.15, 0.2) is 48.5 Å². The summed E-state index contributed by atoms with van der Waals surface area (Å²) in [7, 11) is 0. The summed E-state index contributed by atoms with van der Waals surface area (Å²) in [4.78, 5) is 0. The van der Waals surface area contributed by atoms with Crippen LogP contribution in [0.5, 0.6) is 5.75 Å². The van der Waals surface area contributed by atoms with Crippen LogP contribution in [0.3, 0.4) is 0 Å². The number of halogens is 1. The molecule has 1 N–H and O–H groups in total. The van der Waals surface area contributed by atoms with Crippen molar-refractivity contribution in [3.05, 3.63) is 64.7 Å². The van der Waals surface area contributed by atoms with Crippen molar-refractivity contribution in [3.8, 4) is 5.75 Å². The number of ether oxygens (including phenoxy) is 1. The Morgan fingerprint density at radius 3 is 2.74 bits per heavy atom. The molecule has 3 rings (SSSR count). The van der Waals surface area contributed by atoms with E-state index in [1.165, 1.54) is 11.1 Å². The average Bonchev–Trinajstić information content (AvgIpc) is 2.85. The number of rotatable bonds is 4. The first-order valence-corrected chi connectivity index (χ1v) is 6.87. The molecule has 1 heterocycles. The second kappa shape index (κ2) is 5.64. The molecule has 2 aromatic carbocycles. The zero-order valence-electron chi connectivity index (χ0n) is 10.6. The highest BCUT2D eigenvalue weighted by molar-refractivity contribution is 6.30. The lowest BCUT2D eigenvalue weighted by Crippen LogP contribution is -2.22. The molecule has 2 nitrogen and oxygen atoms in total. The van der Waals surface area contributed by atoms with Crippen molar-refractivity contribution in [2.45, 2.75) is 12.5 Å². The van der Waals surface area contributed by atoms with Gasteiger partial charge in [0, 0.05) is 29.6 Å². The van der Waals surface area contributed by atoms with Crippen molar-refractivity contribution in [1.82, 2.24) is 5.32 Å². The van der Waals surface area contributed by atoms with Gasteiger partial charge in [-0.15, -0.1) is 0 Å². The number of hydrogen-bond acceptors (Lipinski definition) is 2. The van der Waals surface area contributed by atoms with E-state index in [9.17, 15) is 0 Å². The number of para-hydroxylation sites is 1. The molecule has 0 amide bonds. The first-order chi connectivity index (χ1) is 9.33. The van der Waals surface area contributed by atoms with Crippen LogP contribution in [0.25, 0.3) is 0 Å². The van der Waals surface area contributed by atoms with Gasteiger partial charge in [0.1, 0.15) is 5.75 Å². The third-order valence-corrected chi connectivity index (χ3v) is 3.68. The van der Waals surface area contributed by atoms with E-state index in [1.807, 2.05) is 24.3 Å². The smallest absolute Gasteiger partial charge is 0.122 e. The highest BCUT2D eigenvalue weighted by Crippen LogP contribution is 2.32. The fourth-order valence-electron chi connectivity index (χ4n) is 2.39. The summed E-state index contributed by atoms with van der Waals surface area (Å²) in [6.07, 6.45) is 0. The van der Waals surface area contributed by atoms with Crippen molar-refractivity contribution in [1.29, 1.82) is 0 Å². The van der Waals surface area contributed by atoms with Gasteiger partial charge in [0.15, 0.2) is 0 Å². The van der Waals surface area contributed by atoms with Gasteiger partial charge >= 0.3 is 0 Å². The Morgan fingerprint density at radius 2 is 1.89 bits per heavy atom. The highest BCUT2D eigenvalue weighted by atomic mass is 35.5. The minimum atomic E-state index is 0.448. The average molecular weight is 274 g/mol. The summed E-state index contributed by atoms with van der Waals surface area (Å²) in [6, 6.07) is 16.2. The first kappa shape index (κ1) is 12.5. The Kier molecular flexibility index (Phi) is 3.72. The summed E-state index contributed by atoms with van der Waals surface area (Å²) < 4.78 is 5.67. The van der Waals surface area contributed by atoms with Crippen LogP contribution >= 0.6 is 11.6 Å². The molecular weight excluding hydrogens is 258 g/mol. The highest BCUT2D eigenvalue weighted by Gasteiger charge is 2.22. The van der Waals surface area contributed by atoms with E-state index in [-0.39, 0.29) is 0 Å². The van der Waals surface area contributed by atoms with Gasteiger partial charge < -0.3 is 10.1 Å². The van der Waals surface area contributed by atoms with Gasteiger partial charge in [-0.05, 0) is 23.8 Å². The maximum atomic E-state index is 5.87. The lowest BCUT2D eigenvalue weighted by Gasteiger charge is -2.10. The topological polar surface area (TPSA) is 21.3 Å². The van der Waals surface area contributed by atoms with Gasteiger partial charge in [-0.1, -0.05) is 41.9 Å². The zero-order valence-corrected chi connectivity index (χ0v) is 11.4. The van der Waals surface area contributed by atoms with E-state index >= 15 is 0 Å².